The second-order valence-corrected chi connectivity index (χ2v) is 15.2. The maximum atomic E-state index is 13.8. The van der Waals surface area contributed by atoms with Crippen molar-refractivity contribution in [2.45, 2.75) is 70.7 Å². The van der Waals surface area contributed by atoms with Crippen molar-refractivity contribution in [1.82, 2.24) is 20.3 Å². The number of nitrogen functional groups attached to an aromatic ring is 1. The Morgan fingerprint density at radius 2 is 1.57 bits per heavy atom. The Hall–Kier alpha value is -3.84. The molecule has 3 atom stereocenters. The van der Waals surface area contributed by atoms with E-state index < -0.39 is 45.4 Å². The summed E-state index contributed by atoms with van der Waals surface area (Å²) in [6, 6.07) is 19.4. The van der Waals surface area contributed by atoms with Gasteiger partial charge in [-0.15, -0.1) is 0 Å². The largest absolute Gasteiger partial charge is 0.399 e. The van der Waals surface area contributed by atoms with Crippen LogP contribution in [0.15, 0.2) is 83.8 Å². The number of hydrogen-bond donors (Lipinski definition) is 5. The molecular formula is C35H48FN5O5S. The summed E-state index contributed by atoms with van der Waals surface area (Å²) < 4.78 is 42.2. The molecule has 0 aliphatic carbocycles. The van der Waals surface area contributed by atoms with E-state index in [0.29, 0.717) is 11.3 Å². The second kappa shape index (κ2) is 16.8. The molecule has 6 N–H and O–H groups in total. The highest BCUT2D eigenvalue weighted by Crippen LogP contribution is 2.23. The van der Waals surface area contributed by atoms with E-state index in [0.717, 1.165) is 5.56 Å². The number of aliphatic hydroxyl groups is 1. The number of nitrogens with one attached hydrogen (secondary N) is 3. The predicted molar refractivity (Wildman–Crippen MR) is 182 cm³/mol. The fourth-order valence-corrected chi connectivity index (χ4v) is 6.79. The predicted octanol–water partition coefficient (Wildman–Crippen LogP) is 3.46. The molecule has 0 spiro atoms. The van der Waals surface area contributed by atoms with Crippen LogP contribution in [-0.2, 0) is 32.6 Å². The summed E-state index contributed by atoms with van der Waals surface area (Å²) in [4.78, 5) is 26.8. The lowest BCUT2D eigenvalue weighted by Crippen LogP contribution is -2.59. The first-order valence-electron chi connectivity index (χ1n) is 15.7. The van der Waals surface area contributed by atoms with Crippen molar-refractivity contribution in [2.75, 3.05) is 25.4 Å². The van der Waals surface area contributed by atoms with Gasteiger partial charge in [0.1, 0.15) is 11.9 Å². The summed E-state index contributed by atoms with van der Waals surface area (Å²) in [6.45, 7) is 9.16. The Bertz CT molecular complexity index is 1580. The van der Waals surface area contributed by atoms with E-state index in [-0.39, 0.29) is 49.2 Å². The van der Waals surface area contributed by atoms with E-state index in [1.807, 2.05) is 65.0 Å². The van der Waals surface area contributed by atoms with Crippen molar-refractivity contribution in [2.24, 2.45) is 11.3 Å². The lowest BCUT2D eigenvalue weighted by atomic mass is 9.85. The molecular weight excluding hydrogens is 621 g/mol. The monoisotopic (exact) mass is 669 g/mol. The minimum atomic E-state index is -4.04. The highest BCUT2D eigenvalue weighted by Gasteiger charge is 2.36. The standard InChI is InChI=1S/C35H48FN5O5S/c1-24(2)22-41(47(45,46)29-16-10-15-28(37)19-29)23-31(42)30(18-25-11-7-6-8-12-25)39-34(44)33(35(3,4)5)40-32(43)21-38-20-26-13-9-14-27(36)17-26/h6-17,19,24,30-31,33,38,42H,18,20-23,37H2,1-5H3,(H,39,44)(H,40,43)/t30?,31?,33-/m1/s1. The molecule has 0 aliphatic rings. The van der Waals surface area contributed by atoms with Gasteiger partial charge in [-0.3, -0.25) is 9.59 Å². The first kappa shape index (κ1) is 37.6. The highest BCUT2D eigenvalue weighted by molar-refractivity contribution is 7.89. The van der Waals surface area contributed by atoms with Crippen LogP contribution in [0.5, 0.6) is 0 Å². The molecule has 0 saturated heterocycles. The molecule has 256 valence electrons. The van der Waals surface area contributed by atoms with E-state index in [1.54, 1.807) is 24.3 Å². The number of nitrogens with two attached hydrogens (primary N) is 1. The van der Waals surface area contributed by atoms with E-state index in [4.69, 9.17) is 5.73 Å². The molecule has 47 heavy (non-hydrogen) atoms. The van der Waals surface area contributed by atoms with Crippen LogP contribution in [0.1, 0.15) is 45.7 Å². The molecule has 3 aromatic carbocycles. The van der Waals surface area contributed by atoms with Gasteiger partial charge in [-0.1, -0.05) is 83.1 Å². The summed E-state index contributed by atoms with van der Waals surface area (Å²) in [5, 5.41) is 20.3. The average Bonchev–Trinajstić information content (AvgIpc) is 2.99. The number of amides is 2. The molecule has 3 aromatic rings. The fourth-order valence-electron chi connectivity index (χ4n) is 5.11. The van der Waals surface area contributed by atoms with Crippen LogP contribution < -0.4 is 21.7 Å². The smallest absolute Gasteiger partial charge is 0.243 e. The minimum Gasteiger partial charge on any atom is -0.399 e. The van der Waals surface area contributed by atoms with Crippen molar-refractivity contribution >= 4 is 27.5 Å². The van der Waals surface area contributed by atoms with Crippen LogP contribution in [0, 0.1) is 17.2 Å². The topological polar surface area (TPSA) is 154 Å². The number of carbonyl (C=O) groups is 2. The molecule has 2 amide bonds. The maximum Gasteiger partial charge on any atom is 0.243 e. The molecule has 0 heterocycles. The molecule has 0 aliphatic heterocycles. The first-order chi connectivity index (χ1) is 22.1. The first-order valence-corrected chi connectivity index (χ1v) is 17.1. The quantitative estimate of drug-likeness (QED) is 0.147. The van der Waals surface area contributed by atoms with Crippen LogP contribution in [0.2, 0.25) is 0 Å². The van der Waals surface area contributed by atoms with E-state index >= 15 is 0 Å². The van der Waals surface area contributed by atoms with Crippen molar-refractivity contribution in [3.05, 3.63) is 95.8 Å². The second-order valence-electron chi connectivity index (χ2n) is 13.3. The van der Waals surface area contributed by atoms with Gasteiger partial charge in [0, 0.05) is 25.3 Å². The lowest BCUT2D eigenvalue weighted by Gasteiger charge is -2.34. The number of nitrogens with zero attached hydrogens (tertiary/aromatic N) is 1. The third-order valence-electron chi connectivity index (χ3n) is 7.48. The Morgan fingerprint density at radius 3 is 2.19 bits per heavy atom. The van der Waals surface area contributed by atoms with Gasteiger partial charge >= 0.3 is 0 Å². The summed E-state index contributed by atoms with van der Waals surface area (Å²) in [5.74, 6) is -1.40. The average molecular weight is 670 g/mol. The summed E-state index contributed by atoms with van der Waals surface area (Å²) in [7, 11) is -4.04. The van der Waals surface area contributed by atoms with E-state index in [9.17, 15) is 27.5 Å². The molecule has 0 saturated carbocycles. The van der Waals surface area contributed by atoms with Crippen LogP contribution in [-0.4, -0.2) is 67.5 Å². The maximum absolute atomic E-state index is 13.8. The van der Waals surface area contributed by atoms with Crippen molar-refractivity contribution in [3.63, 3.8) is 0 Å². The molecule has 3 rings (SSSR count). The fraction of sp³-hybridized carbons (Fsp3) is 0.429. The normalized spacial score (nSPS) is 14.1. The van der Waals surface area contributed by atoms with Gasteiger partial charge < -0.3 is 26.8 Å². The number of anilines is 1. The minimum absolute atomic E-state index is 0.00973. The number of halogens is 1. The number of carbonyl (C=O) groups excluding carboxylic acids is 2. The molecule has 0 radical (unpaired) electrons. The molecule has 2 unspecified atom stereocenters. The zero-order valence-corrected chi connectivity index (χ0v) is 28.6. The van der Waals surface area contributed by atoms with Crippen LogP contribution in [0.3, 0.4) is 0 Å². The Balaban J connectivity index is 1.81. The van der Waals surface area contributed by atoms with Gasteiger partial charge in [0.05, 0.1) is 23.6 Å². The van der Waals surface area contributed by atoms with Crippen LogP contribution in [0.25, 0.3) is 0 Å². The molecule has 0 aromatic heterocycles. The summed E-state index contributed by atoms with van der Waals surface area (Å²) in [5.41, 5.74) is 6.95. The van der Waals surface area contributed by atoms with E-state index in [2.05, 4.69) is 16.0 Å². The Kier molecular flexibility index (Phi) is 13.5. The van der Waals surface area contributed by atoms with Gasteiger partial charge in [-0.25, -0.2) is 12.8 Å². The highest BCUT2D eigenvalue weighted by atomic mass is 32.2. The Morgan fingerprint density at radius 1 is 0.915 bits per heavy atom. The van der Waals surface area contributed by atoms with Crippen molar-refractivity contribution in [3.8, 4) is 0 Å². The van der Waals surface area contributed by atoms with Crippen LogP contribution >= 0.6 is 0 Å². The third-order valence-corrected chi connectivity index (χ3v) is 9.31. The lowest BCUT2D eigenvalue weighted by molar-refractivity contribution is -0.132. The number of rotatable bonds is 16. The Labute approximate surface area is 278 Å². The van der Waals surface area contributed by atoms with Gasteiger partial charge in [-0.2, -0.15) is 4.31 Å². The summed E-state index contributed by atoms with van der Waals surface area (Å²) in [6.07, 6.45) is -1.10. The van der Waals surface area contributed by atoms with Gasteiger partial charge in [0.2, 0.25) is 21.8 Å². The van der Waals surface area contributed by atoms with Gasteiger partial charge in [0.15, 0.2) is 0 Å². The number of aliphatic hydroxyl groups excluding tert-OH is 1. The zero-order valence-electron chi connectivity index (χ0n) is 27.7. The summed E-state index contributed by atoms with van der Waals surface area (Å²) >= 11 is 0. The van der Waals surface area contributed by atoms with Gasteiger partial charge in [-0.05, 0) is 59.2 Å². The molecule has 12 heteroatoms. The SMILES string of the molecule is CC(C)CN(CC(O)C(Cc1ccccc1)NC(=O)[C@@H](NC(=O)CNCc1cccc(F)c1)C(C)(C)C)S(=O)(=O)c1cccc(N)c1. The number of hydrogen-bond acceptors (Lipinski definition) is 7. The van der Waals surface area contributed by atoms with Gasteiger partial charge in [0.25, 0.3) is 0 Å². The molecule has 0 fully saturated rings. The number of sulfonamides is 1. The third kappa shape index (κ3) is 11.7. The molecule has 10 nitrogen and oxygen atoms in total. The number of benzene rings is 3. The van der Waals surface area contributed by atoms with E-state index in [1.165, 1.54) is 28.6 Å². The zero-order chi connectivity index (χ0) is 34.8. The molecule has 0 bridgehead atoms. The van der Waals surface area contributed by atoms with Crippen molar-refractivity contribution in [1.29, 1.82) is 0 Å². The van der Waals surface area contributed by atoms with Crippen molar-refractivity contribution < 1.29 is 27.5 Å². The van der Waals surface area contributed by atoms with Crippen LogP contribution in [0.4, 0.5) is 10.1 Å².